The highest BCUT2D eigenvalue weighted by molar-refractivity contribution is 6.30. The van der Waals surface area contributed by atoms with Gasteiger partial charge in [-0.15, -0.1) is 0 Å². The molecule has 2 fully saturated rings. The lowest BCUT2D eigenvalue weighted by molar-refractivity contribution is 0.0929. The van der Waals surface area contributed by atoms with Crippen molar-refractivity contribution >= 4 is 23.3 Å². The normalized spacial score (nSPS) is 19.2. The van der Waals surface area contributed by atoms with E-state index in [-0.39, 0.29) is 11.9 Å². The average molecular weight is 458 g/mol. The van der Waals surface area contributed by atoms with E-state index in [1.54, 1.807) is 6.20 Å². The Morgan fingerprint density at radius 3 is 2.78 bits per heavy atom. The fourth-order valence-corrected chi connectivity index (χ4v) is 4.57. The lowest BCUT2D eigenvalue weighted by atomic mass is 9.92. The van der Waals surface area contributed by atoms with Crippen molar-refractivity contribution in [2.24, 2.45) is 5.92 Å². The number of aryl methyl sites for hydroxylation is 1. The molecule has 1 N–H and O–H groups in total. The molecule has 32 heavy (non-hydrogen) atoms. The minimum atomic E-state index is -0.0373. The van der Waals surface area contributed by atoms with E-state index in [4.69, 9.17) is 21.1 Å². The van der Waals surface area contributed by atoms with Crippen molar-refractivity contribution in [3.05, 3.63) is 52.7 Å². The topological polar surface area (TPSA) is 63.7 Å². The number of carbonyl (C=O) groups is 1. The monoisotopic (exact) mass is 457 g/mol. The van der Waals surface area contributed by atoms with Crippen LogP contribution in [0.15, 0.2) is 36.5 Å². The first-order valence-electron chi connectivity index (χ1n) is 11.6. The van der Waals surface area contributed by atoms with Gasteiger partial charge in [0.05, 0.1) is 24.3 Å². The summed E-state index contributed by atoms with van der Waals surface area (Å²) in [6, 6.07) is 9.72. The van der Waals surface area contributed by atoms with Gasteiger partial charge < -0.3 is 19.7 Å². The zero-order valence-corrected chi connectivity index (χ0v) is 19.4. The van der Waals surface area contributed by atoms with Crippen molar-refractivity contribution < 1.29 is 14.3 Å². The maximum absolute atomic E-state index is 12.5. The number of aromatic nitrogens is 1. The molecule has 2 saturated heterocycles. The number of carbonyl (C=O) groups excluding carboxylic acids is 1. The first-order valence-corrected chi connectivity index (χ1v) is 11.9. The minimum absolute atomic E-state index is 0.0373. The molecule has 0 radical (unpaired) electrons. The van der Waals surface area contributed by atoms with Crippen molar-refractivity contribution in [2.75, 3.05) is 37.8 Å². The van der Waals surface area contributed by atoms with Gasteiger partial charge in [0.1, 0.15) is 11.6 Å². The summed E-state index contributed by atoms with van der Waals surface area (Å²) in [5.41, 5.74) is 1.63. The molecule has 1 aromatic carbocycles. The predicted molar refractivity (Wildman–Crippen MR) is 127 cm³/mol. The van der Waals surface area contributed by atoms with Crippen LogP contribution >= 0.6 is 11.6 Å². The minimum Gasteiger partial charge on any atom is -0.494 e. The maximum Gasteiger partial charge on any atom is 0.251 e. The van der Waals surface area contributed by atoms with Crippen LogP contribution in [0, 0.1) is 12.8 Å². The molecule has 3 heterocycles. The van der Waals surface area contributed by atoms with Gasteiger partial charge in [-0.25, -0.2) is 4.98 Å². The summed E-state index contributed by atoms with van der Waals surface area (Å²) in [4.78, 5) is 19.2. The standard InChI is InChI=1S/C25H32ClN3O3/c1-18-15-22(5-6-23(18)25(30)28-21-10-14-31-17-21)32-13-2-3-19-8-11-29(12-9-19)24-7-4-20(26)16-27-24/h4-7,15-16,19,21H,2-3,8-14,17H2,1H3,(H,28,30). The number of amides is 1. The lowest BCUT2D eigenvalue weighted by Crippen LogP contribution is -2.35. The van der Waals surface area contributed by atoms with Crippen LogP contribution in [0.25, 0.3) is 0 Å². The number of hydrogen-bond acceptors (Lipinski definition) is 5. The molecule has 1 amide bonds. The molecule has 172 valence electrons. The molecule has 0 aliphatic carbocycles. The van der Waals surface area contributed by atoms with E-state index in [9.17, 15) is 4.79 Å². The van der Waals surface area contributed by atoms with Crippen molar-refractivity contribution in [2.45, 2.75) is 45.1 Å². The van der Waals surface area contributed by atoms with Crippen LogP contribution in [0.4, 0.5) is 5.82 Å². The molecule has 0 saturated carbocycles. The fourth-order valence-electron chi connectivity index (χ4n) is 4.46. The largest absolute Gasteiger partial charge is 0.494 e. The second kappa shape index (κ2) is 11.0. The molecule has 1 unspecified atom stereocenters. The summed E-state index contributed by atoms with van der Waals surface area (Å²) in [5, 5.41) is 3.72. The molecule has 4 rings (SSSR count). The quantitative estimate of drug-likeness (QED) is 0.585. The molecular weight excluding hydrogens is 426 g/mol. The van der Waals surface area contributed by atoms with Gasteiger partial charge in [0.25, 0.3) is 5.91 Å². The number of pyridine rings is 1. The van der Waals surface area contributed by atoms with Crippen LogP contribution in [0.2, 0.25) is 5.02 Å². The summed E-state index contributed by atoms with van der Waals surface area (Å²) >= 11 is 5.94. The Hall–Kier alpha value is -2.31. The Labute approximate surface area is 195 Å². The Balaban J connectivity index is 1.16. The van der Waals surface area contributed by atoms with Crippen LogP contribution < -0.4 is 15.0 Å². The van der Waals surface area contributed by atoms with E-state index < -0.39 is 0 Å². The molecule has 2 aromatic rings. The molecule has 0 spiro atoms. The number of rotatable bonds is 8. The number of halogens is 1. The van der Waals surface area contributed by atoms with Crippen LogP contribution in [0.1, 0.15) is 48.0 Å². The van der Waals surface area contributed by atoms with Crippen LogP contribution in [0.5, 0.6) is 5.75 Å². The highest BCUT2D eigenvalue weighted by Gasteiger charge is 2.21. The van der Waals surface area contributed by atoms with Gasteiger partial charge in [-0.1, -0.05) is 11.6 Å². The zero-order chi connectivity index (χ0) is 22.3. The zero-order valence-electron chi connectivity index (χ0n) is 18.7. The smallest absolute Gasteiger partial charge is 0.251 e. The van der Waals surface area contributed by atoms with E-state index in [1.807, 2.05) is 37.3 Å². The first-order chi connectivity index (χ1) is 15.6. The second-order valence-corrected chi connectivity index (χ2v) is 9.20. The third kappa shape index (κ3) is 6.14. The van der Waals surface area contributed by atoms with E-state index in [2.05, 4.69) is 15.2 Å². The van der Waals surface area contributed by atoms with E-state index in [0.717, 1.165) is 55.6 Å². The number of nitrogens with one attached hydrogen (secondary N) is 1. The lowest BCUT2D eigenvalue weighted by Gasteiger charge is -2.32. The highest BCUT2D eigenvalue weighted by atomic mass is 35.5. The summed E-state index contributed by atoms with van der Waals surface area (Å²) in [6.07, 6.45) is 7.16. The van der Waals surface area contributed by atoms with E-state index in [1.165, 1.54) is 19.3 Å². The fraction of sp³-hybridized carbons (Fsp3) is 0.520. The number of nitrogens with zero attached hydrogens (tertiary/aromatic N) is 2. The van der Waals surface area contributed by atoms with Gasteiger partial charge in [0, 0.05) is 31.5 Å². The summed E-state index contributed by atoms with van der Waals surface area (Å²) in [5.74, 6) is 2.53. The molecule has 7 heteroatoms. The Morgan fingerprint density at radius 2 is 2.09 bits per heavy atom. The SMILES string of the molecule is Cc1cc(OCCCC2CCN(c3ccc(Cl)cn3)CC2)ccc1C(=O)NC1CCOC1. The van der Waals surface area contributed by atoms with E-state index in [0.29, 0.717) is 23.8 Å². The highest BCUT2D eigenvalue weighted by Crippen LogP contribution is 2.26. The number of hydrogen-bond donors (Lipinski definition) is 1. The first kappa shape index (κ1) is 22.9. The van der Waals surface area contributed by atoms with Gasteiger partial charge in [0.2, 0.25) is 0 Å². The number of ether oxygens (including phenoxy) is 2. The van der Waals surface area contributed by atoms with Gasteiger partial charge in [-0.05, 0) is 80.8 Å². The van der Waals surface area contributed by atoms with Gasteiger partial charge in [-0.3, -0.25) is 4.79 Å². The molecule has 1 atom stereocenters. The van der Waals surface area contributed by atoms with E-state index >= 15 is 0 Å². The number of anilines is 1. The molecule has 1 aromatic heterocycles. The molecule has 6 nitrogen and oxygen atoms in total. The van der Waals surface area contributed by atoms with Gasteiger partial charge in [-0.2, -0.15) is 0 Å². The van der Waals surface area contributed by atoms with Crippen molar-refractivity contribution in [3.63, 3.8) is 0 Å². The molecule has 2 aliphatic heterocycles. The molecule has 0 bridgehead atoms. The van der Waals surface area contributed by atoms with Gasteiger partial charge >= 0.3 is 0 Å². The van der Waals surface area contributed by atoms with Crippen LogP contribution in [0.3, 0.4) is 0 Å². The van der Waals surface area contributed by atoms with Crippen molar-refractivity contribution in [1.29, 1.82) is 0 Å². The maximum atomic E-state index is 12.5. The van der Waals surface area contributed by atoms with Crippen LogP contribution in [-0.4, -0.2) is 49.8 Å². The molecule has 2 aliphatic rings. The average Bonchev–Trinajstić information content (AvgIpc) is 3.31. The summed E-state index contributed by atoms with van der Waals surface area (Å²) < 4.78 is 11.3. The van der Waals surface area contributed by atoms with Crippen LogP contribution in [-0.2, 0) is 4.74 Å². The Morgan fingerprint density at radius 1 is 1.25 bits per heavy atom. The third-order valence-corrected chi connectivity index (χ3v) is 6.61. The molecular formula is C25H32ClN3O3. The Kier molecular flexibility index (Phi) is 7.87. The van der Waals surface area contributed by atoms with Crippen molar-refractivity contribution in [1.82, 2.24) is 10.3 Å². The summed E-state index contributed by atoms with van der Waals surface area (Å²) in [6.45, 7) is 6.05. The van der Waals surface area contributed by atoms with Crippen molar-refractivity contribution in [3.8, 4) is 5.75 Å². The third-order valence-electron chi connectivity index (χ3n) is 6.38. The Bertz CT molecular complexity index is 892. The predicted octanol–water partition coefficient (Wildman–Crippen LogP) is 4.64. The second-order valence-electron chi connectivity index (χ2n) is 8.77. The summed E-state index contributed by atoms with van der Waals surface area (Å²) in [7, 11) is 0. The number of piperidine rings is 1. The number of benzene rings is 1. The van der Waals surface area contributed by atoms with Gasteiger partial charge in [0.15, 0.2) is 0 Å².